The molecule has 0 bridgehead atoms. The van der Waals surface area contributed by atoms with E-state index in [0.29, 0.717) is 36.3 Å². The Morgan fingerprint density at radius 2 is 1.61 bits per heavy atom. The zero-order valence-corrected chi connectivity index (χ0v) is 22.4. The SMILES string of the molecule is CCc1ccc(-c2c(-c3ccccc3)oc(C)c2C(=O)OC(C)CCCCC(=O)OC(C)(C)C)cc1. The molecule has 0 aliphatic carbocycles. The minimum atomic E-state index is -0.477. The number of esters is 2. The van der Waals surface area contributed by atoms with Crippen LogP contribution in [0.5, 0.6) is 0 Å². The van der Waals surface area contributed by atoms with Gasteiger partial charge in [-0.3, -0.25) is 4.79 Å². The lowest BCUT2D eigenvalue weighted by molar-refractivity contribution is -0.154. The van der Waals surface area contributed by atoms with Gasteiger partial charge < -0.3 is 13.9 Å². The Hall–Kier alpha value is -3.34. The van der Waals surface area contributed by atoms with Gasteiger partial charge in [0.15, 0.2) is 0 Å². The molecule has 0 N–H and O–H groups in total. The number of furan rings is 1. The zero-order valence-electron chi connectivity index (χ0n) is 22.4. The third-order valence-corrected chi connectivity index (χ3v) is 5.95. The molecular formula is C31H38O5. The molecule has 5 nitrogen and oxygen atoms in total. The van der Waals surface area contributed by atoms with Crippen molar-refractivity contribution in [1.82, 2.24) is 0 Å². The van der Waals surface area contributed by atoms with Crippen LogP contribution >= 0.6 is 0 Å². The minimum absolute atomic E-state index is 0.201. The van der Waals surface area contributed by atoms with Gasteiger partial charge in [-0.2, -0.15) is 0 Å². The number of benzene rings is 2. The van der Waals surface area contributed by atoms with Crippen LogP contribution in [0.3, 0.4) is 0 Å². The summed E-state index contributed by atoms with van der Waals surface area (Å²) in [6.07, 6.45) is 3.12. The summed E-state index contributed by atoms with van der Waals surface area (Å²) in [5.74, 6) is 0.598. The van der Waals surface area contributed by atoms with Crippen LogP contribution in [0.15, 0.2) is 59.0 Å². The first-order valence-electron chi connectivity index (χ1n) is 12.8. The molecule has 0 spiro atoms. The lowest BCUT2D eigenvalue weighted by atomic mass is 9.96. The standard InChI is InChI=1S/C31H38O5/c1-7-23-17-19-24(20-18-23)28-27(22(3)35-29(28)25-14-9-8-10-15-25)30(33)34-21(2)13-11-12-16-26(32)36-31(4,5)6/h8-10,14-15,17-21H,7,11-13,16H2,1-6H3. The lowest BCUT2D eigenvalue weighted by Crippen LogP contribution is -2.23. The Balaban J connectivity index is 1.75. The number of hydrogen-bond donors (Lipinski definition) is 0. The molecule has 192 valence electrons. The first kappa shape index (κ1) is 27.3. The number of aryl methyl sites for hydroxylation is 2. The van der Waals surface area contributed by atoms with Crippen molar-refractivity contribution in [2.45, 2.75) is 85.4 Å². The van der Waals surface area contributed by atoms with E-state index in [1.165, 1.54) is 5.56 Å². The van der Waals surface area contributed by atoms with Crippen molar-refractivity contribution in [2.75, 3.05) is 0 Å². The molecule has 5 heteroatoms. The normalized spacial score (nSPS) is 12.3. The molecule has 0 amide bonds. The van der Waals surface area contributed by atoms with Crippen LogP contribution in [0.2, 0.25) is 0 Å². The average Bonchev–Trinajstić information content (AvgIpc) is 3.18. The fourth-order valence-electron chi connectivity index (χ4n) is 4.16. The van der Waals surface area contributed by atoms with Crippen LogP contribution in [-0.4, -0.2) is 23.6 Å². The Kier molecular flexibility index (Phi) is 9.14. The second kappa shape index (κ2) is 12.1. The summed E-state index contributed by atoms with van der Waals surface area (Å²) < 4.78 is 17.4. The highest BCUT2D eigenvalue weighted by Crippen LogP contribution is 2.39. The molecule has 3 rings (SSSR count). The summed E-state index contributed by atoms with van der Waals surface area (Å²) in [6, 6.07) is 18.0. The lowest BCUT2D eigenvalue weighted by Gasteiger charge is -2.19. The van der Waals surface area contributed by atoms with Gasteiger partial charge >= 0.3 is 11.9 Å². The van der Waals surface area contributed by atoms with E-state index in [2.05, 4.69) is 19.1 Å². The summed E-state index contributed by atoms with van der Waals surface area (Å²) in [5, 5.41) is 0. The van der Waals surface area contributed by atoms with Crippen LogP contribution in [0.25, 0.3) is 22.5 Å². The largest absolute Gasteiger partial charge is 0.460 e. The van der Waals surface area contributed by atoms with E-state index in [1.54, 1.807) is 6.92 Å². The van der Waals surface area contributed by atoms with E-state index in [0.717, 1.165) is 29.5 Å². The number of carbonyl (C=O) groups is 2. The van der Waals surface area contributed by atoms with Gasteiger partial charge in [0.2, 0.25) is 0 Å². The third kappa shape index (κ3) is 7.33. The van der Waals surface area contributed by atoms with Crippen molar-refractivity contribution < 1.29 is 23.5 Å². The van der Waals surface area contributed by atoms with Gasteiger partial charge in [0.05, 0.1) is 6.10 Å². The van der Waals surface area contributed by atoms with Gasteiger partial charge in [-0.05, 0) is 71.4 Å². The number of hydrogen-bond acceptors (Lipinski definition) is 5. The van der Waals surface area contributed by atoms with Crippen LogP contribution in [0, 0.1) is 6.92 Å². The molecule has 0 aliphatic heterocycles. The van der Waals surface area contributed by atoms with Gasteiger partial charge in [0, 0.05) is 17.5 Å². The predicted octanol–water partition coefficient (Wildman–Crippen LogP) is 7.93. The number of rotatable bonds is 10. The molecule has 0 radical (unpaired) electrons. The van der Waals surface area contributed by atoms with Crippen LogP contribution in [0.4, 0.5) is 0 Å². The fourth-order valence-corrected chi connectivity index (χ4v) is 4.16. The molecular weight excluding hydrogens is 452 g/mol. The van der Waals surface area contributed by atoms with E-state index >= 15 is 0 Å². The van der Waals surface area contributed by atoms with Crippen LogP contribution < -0.4 is 0 Å². The smallest absolute Gasteiger partial charge is 0.342 e. The molecule has 2 aromatic carbocycles. The summed E-state index contributed by atoms with van der Waals surface area (Å²) >= 11 is 0. The van der Waals surface area contributed by atoms with Crippen molar-refractivity contribution in [1.29, 1.82) is 0 Å². The van der Waals surface area contributed by atoms with Gasteiger partial charge in [0.25, 0.3) is 0 Å². The van der Waals surface area contributed by atoms with E-state index < -0.39 is 11.6 Å². The summed E-state index contributed by atoms with van der Waals surface area (Å²) in [4.78, 5) is 25.3. The predicted molar refractivity (Wildman–Crippen MR) is 143 cm³/mol. The fraction of sp³-hybridized carbons (Fsp3) is 0.419. The highest BCUT2D eigenvalue weighted by atomic mass is 16.6. The Labute approximate surface area is 214 Å². The van der Waals surface area contributed by atoms with E-state index in [9.17, 15) is 9.59 Å². The first-order valence-corrected chi connectivity index (χ1v) is 12.8. The molecule has 36 heavy (non-hydrogen) atoms. The average molecular weight is 491 g/mol. The highest BCUT2D eigenvalue weighted by molar-refractivity contribution is 6.02. The molecule has 0 saturated heterocycles. The molecule has 1 atom stereocenters. The summed E-state index contributed by atoms with van der Waals surface area (Å²) in [5.41, 5.74) is 3.78. The van der Waals surface area contributed by atoms with E-state index in [1.807, 2.05) is 70.2 Å². The van der Waals surface area contributed by atoms with E-state index in [-0.39, 0.29) is 12.1 Å². The maximum absolute atomic E-state index is 13.4. The van der Waals surface area contributed by atoms with Crippen molar-refractivity contribution in [3.8, 4) is 22.5 Å². The minimum Gasteiger partial charge on any atom is -0.460 e. The van der Waals surface area contributed by atoms with Gasteiger partial charge in [0.1, 0.15) is 22.7 Å². The molecule has 0 aliphatic rings. The second-order valence-electron chi connectivity index (χ2n) is 10.2. The first-order chi connectivity index (χ1) is 17.1. The van der Waals surface area contributed by atoms with Gasteiger partial charge in [-0.15, -0.1) is 0 Å². The monoisotopic (exact) mass is 490 g/mol. The number of ether oxygens (including phenoxy) is 2. The Morgan fingerprint density at radius 3 is 2.22 bits per heavy atom. The molecule has 0 fully saturated rings. The van der Waals surface area contributed by atoms with Crippen molar-refractivity contribution >= 4 is 11.9 Å². The molecule has 0 saturated carbocycles. The third-order valence-electron chi connectivity index (χ3n) is 5.95. The van der Waals surface area contributed by atoms with Crippen molar-refractivity contribution in [2.24, 2.45) is 0 Å². The van der Waals surface area contributed by atoms with Crippen LogP contribution in [-0.2, 0) is 20.7 Å². The second-order valence-corrected chi connectivity index (χ2v) is 10.2. The topological polar surface area (TPSA) is 65.7 Å². The highest BCUT2D eigenvalue weighted by Gasteiger charge is 2.27. The molecule has 1 unspecified atom stereocenters. The quantitative estimate of drug-likeness (QED) is 0.213. The molecule has 1 aromatic heterocycles. The van der Waals surface area contributed by atoms with Gasteiger partial charge in [-0.25, -0.2) is 4.79 Å². The summed E-state index contributed by atoms with van der Waals surface area (Å²) in [6.45, 7) is 11.4. The van der Waals surface area contributed by atoms with E-state index in [4.69, 9.17) is 13.9 Å². The zero-order chi connectivity index (χ0) is 26.3. The summed E-state index contributed by atoms with van der Waals surface area (Å²) in [7, 11) is 0. The maximum atomic E-state index is 13.4. The molecule has 1 heterocycles. The van der Waals surface area contributed by atoms with Crippen LogP contribution in [0.1, 0.15) is 82.0 Å². The molecule has 3 aromatic rings. The number of unbranched alkanes of at least 4 members (excludes halogenated alkanes) is 1. The number of carbonyl (C=O) groups excluding carboxylic acids is 2. The van der Waals surface area contributed by atoms with Gasteiger partial charge in [-0.1, -0.05) is 61.5 Å². The van der Waals surface area contributed by atoms with Crippen molar-refractivity contribution in [3.63, 3.8) is 0 Å². The Bertz CT molecular complexity index is 1150. The van der Waals surface area contributed by atoms with Crippen molar-refractivity contribution in [3.05, 3.63) is 71.5 Å². The maximum Gasteiger partial charge on any atom is 0.342 e. The Morgan fingerprint density at radius 1 is 0.944 bits per heavy atom.